The minimum atomic E-state index is -0.910. The van der Waals surface area contributed by atoms with E-state index in [0.717, 1.165) is 65.7 Å². The molecule has 2 aliphatic rings. The van der Waals surface area contributed by atoms with Crippen LogP contribution >= 0.6 is 11.3 Å². The number of methoxy groups -OCH3 is 1. The number of imidazole rings is 1. The maximum absolute atomic E-state index is 12.7. The van der Waals surface area contributed by atoms with Crippen LogP contribution in [0.4, 0.5) is 0 Å². The third-order valence-electron chi connectivity index (χ3n) is 10.5. The van der Waals surface area contributed by atoms with Crippen molar-refractivity contribution in [1.29, 1.82) is 0 Å². The Kier molecular flexibility index (Phi) is 17.0. The molecule has 330 valence electrons. The topological polar surface area (TPSA) is 182 Å². The summed E-state index contributed by atoms with van der Waals surface area (Å²) in [6.07, 6.45) is 10.5. The number of aromatic nitrogens is 4. The number of ketones is 1. The van der Waals surface area contributed by atoms with Gasteiger partial charge in [-0.05, 0) is 94.5 Å². The van der Waals surface area contributed by atoms with E-state index in [4.69, 9.17) is 24.1 Å². The molecule has 2 aromatic carbocycles. The van der Waals surface area contributed by atoms with Crippen LogP contribution in [0.25, 0.3) is 21.3 Å². The molecule has 1 atom stereocenters. The fraction of sp³-hybridized carbons (Fsp3) is 0.511. The first kappa shape index (κ1) is 46.4. The zero-order valence-corrected chi connectivity index (χ0v) is 36.9. The number of carboxylic acids is 1. The van der Waals surface area contributed by atoms with Crippen LogP contribution in [0.2, 0.25) is 0 Å². The molecule has 0 spiro atoms. The fourth-order valence-corrected chi connectivity index (χ4v) is 8.30. The Bertz CT molecular complexity index is 2370. The number of nitrogens with zero attached hydrogens (tertiary/aromatic N) is 4. The van der Waals surface area contributed by atoms with Crippen LogP contribution < -0.4 is 35.5 Å². The lowest BCUT2D eigenvalue weighted by Gasteiger charge is -2.18. The van der Waals surface area contributed by atoms with Crippen LogP contribution in [-0.4, -0.2) is 74.4 Å². The molecule has 1 amide bonds. The van der Waals surface area contributed by atoms with Gasteiger partial charge < -0.3 is 33.9 Å². The fourth-order valence-electron chi connectivity index (χ4n) is 7.39. The lowest BCUT2D eigenvalue weighted by atomic mass is 9.98. The molecule has 1 saturated carbocycles. The summed E-state index contributed by atoms with van der Waals surface area (Å²) in [6.45, 7) is 12.1. The number of aromatic carboxylic acids is 1. The zero-order chi connectivity index (χ0) is 44.1. The van der Waals surface area contributed by atoms with E-state index < -0.39 is 5.97 Å². The molecule has 1 aliphatic heterocycles. The molecule has 7 rings (SSSR count). The second kappa shape index (κ2) is 22.3. The van der Waals surface area contributed by atoms with Gasteiger partial charge in [0.15, 0.2) is 34.2 Å². The van der Waals surface area contributed by atoms with Crippen molar-refractivity contribution >= 4 is 50.2 Å². The van der Waals surface area contributed by atoms with Gasteiger partial charge >= 0.3 is 11.7 Å². The number of hydrogen-bond donors (Lipinski definition) is 2. The quantitative estimate of drug-likeness (QED) is 0.0941. The van der Waals surface area contributed by atoms with Crippen molar-refractivity contribution in [3.63, 3.8) is 0 Å². The number of benzene rings is 2. The van der Waals surface area contributed by atoms with Gasteiger partial charge in [-0.15, -0.1) is 11.3 Å². The van der Waals surface area contributed by atoms with E-state index in [1.807, 2.05) is 58.0 Å². The number of carbonyl (C=O) groups excluding carboxylic acids is 2. The van der Waals surface area contributed by atoms with Gasteiger partial charge in [0.05, 0.1) is 39.3 Å². The minimum absolute atomic E-state index is 0.0601. The molecule has 1 unspecified atom stereocenters. The molecular weight excluding hydrogens is 803 g/mol. The molecule has 16 heteroatoms. The summed E-state index contributed by atoms with van der Waals surface area (Å²) in [7, 11) is 1.66. The summed E-state index contributed by atoms with van der Waals surface area (Å²) >= 11 is 1.24. The molecule has 2 fully saturated rings. The molecule has 1 aliphatic carbocycles. The molecule has 2 N–H and O–H groups in total. The third-order valence-corrected chi connectivity index (χ3v) is 11.6. The normalized spacial score (nSPS) is 14.9. The highest BCUT2D eigenvalue weighted by molar-refractivity contribution is 7.20. The van der Waals surface area contributed by atoms with Gasteiger partial charge in [-0.2, -0.15) is 0 Å². The summed E-state index contributed by atoms with van der Waals surface area (Å²) in [5.41, 5.74) is 1.20. The first-order valence-electron chi connectivity index (χ1n) is 21.3. The number of amides is 1. The Morgan fingerprint density at radius 3 is 2.15 bits per heavy atom. The van der Waals surface area contributed by atoms with Gasteiger partial charge in [-0.25, -0.2) is 14.6 Å². The van der Waals surface area contributed by atoms with Crippen molar-refractivity contribution in [3.8, 4) is 23.0 Å². The Labute approximate surface area is 359 Å². The average Bonchev–Trinajstić information content (AvgIpc) is 4.07. The van der Waals surface area contributed by atoms with Crippen molar-refractivity contribution in [3.05, 3.63) is 74.0 Å². The van der Waals surface area contributed by atoms with Gasteiger partial charge in [0.2, 0.25) is 5.91 Å². The number of Topliss-reactive ketones (excluding diaryl/α,β-unsaturated/α-hetero) is 1. The first-order valence-corrected chi connectivity index (χ1v) is 22.1. The van der Waals surface area contributed by atoms with Crippen LogP contribution in [0, 0.1) is 0 Å². The maximum atomic E-state index is 12.7. The van der Waals surface area contributed by atoms with E-state index in [2.05, 4.69) is 10.3 Å². The summed E-state index contributed by atoms with van der Waals surface area (Å²) < 4.78 is 27.8. The van der Waals surface area contributed by atoms with E-state index in [0.29, 0.717) is 72.9 Å². The maximum Gasteiger partial charge on any atom is 0.345 e. The van der Waals surface area contributed by atoms with Crippen molar-refractivity contribution in [2.24, 2.45) is 0 Å². The van der Waals surface area contributed by atoms with E-state index in [1.54, 1.807) is 22.3 Å². The van der Waals surface area contributed by atoms with Crippen LogP contribution in [-0.2, 0) is 29.2 Å². The van der Waals surface area contributed by atoms with Crippen LogP contribution in [0.1, 0.15) is 114 Å². The number of carboxylic acid groups (broad SMARTS) is 1. The number of aryl methyl sites for hydroxylation is 1. The minimum Gasteiger partial charge on any atom is -0.493 e. The highest BCUT2D eigenvalue weighted by Crippen LogP contribution is 2.37. The zero-order valence-electron chi connectivity index (χ0n) is 36.1. The van der Waals surface area contributed by atoms with Gasteiger partial charge in [0, 0.05) is 42.7 Å². The molecule has 1 saturated heterocycles. The number of fused-ring (bicyclic) bond motifs is 2. The Hall–Kier alpha value is -5.64. The summed E-state index contributed by atoms with van der Waals surface area (Å²) in [4.78, 5) is 63.6. The van der Waals surface area contributed by atoms with Gasteiger partial charge in [0.25, 0.3) is 5.56 Å². The van der Waals surface area contributed by atoms with Crippen LogP contribution in [0.3, 0.4) is 0 Å². The van der Waals surface area contributed by atoms with E-state index in [1.165, 1.54) is 42.0 Å². The summed E-state index contributed by atoms with van der Waals surface area (Å²) in [5.74, 6) is 2.31. The Morgan fingerprint density at radius 2 is 1.56 bits per heavy atom. The number of carbonyl (C=O) groups is 3. The summed E-state index contributed by atoms with van der Waals surface area (Å²) in [6, 6.07) is 11.3. The molecular formula is C45H59N5O10S. The van der Waals surface area contributed by atoms with Crippen molar-refractivity contribution in [2.45, 2.75) is 124 Å². The summed E-state index contributed by atoms with van der Waals surface area (Å²) in [5, 5.41) is 12.7. The molecule has 0 bridgehead atoms. The van der Waals surface area contributed by atoms with Crippen LogP contribution in [0.15, 0.2) is 52.3 Å². The SMILES string of the molecule is CCCCn1c(=O)c2c(ncn2CC(C)=O)n(CCCC)c1=O.CCOc1cc2cc(C(=O)O)sc2cc1OCC.COc1ccc(C2CNC(=O)C2)cc1OC1CCCC1. The van der Waals surface area contributed by atoms with E-state index in [9.17, 15) is 24.0 Å². The number of rotatable bonds is 17. The van der Waals surface area contributed by atoms with Gasteiger partial charge in [0.1, 0.15) is 10.7 Å². The molecule has 0 radical (unpaired) electrons. The van der Waals surface area contributed by atoms with Crippen molar-refractivity contribution in [1.82, 2.24) is 24.0 Å². The average molecular weight is 862 g/mol. The highest BCUT2D eigenvalue weighted by atomic mass is 32.1. The van der Waals surface area contributed by atoms with Crippen molar-refractivity contribution < 1.29 is 38.4 Å². The smallest absolute Gasteiger partial charge is 0.345 e. The van der Waals surface area contributed by atoms with Gasteiger partial charge in [-0.3, -0.25) is 23.5 Å². The molecule has 61 heavy (non-hydrogen) atoms. The lowest BCUT2D eigenvalue weighted by molar-refractivity contribution is -0.119. The predicted octanol–water partition coefficient (Wildman–Crippen LogP) is 7.57. The number of nitrogens with one attached hydrogen (secondary N) is 1. The highest BCUT2D eigenvalue weighted by Gasteiger charge is 2.25. The lowest BCUT2D eigenvalue weighted by Crippen LogP contribution is -2.40. The number of hydrogen-bond acceptors (Lipinski definition) is 11. The standard InChI is InChI=1S/C16H24N4O3.C16H21NO3.C13H14O4S/c1-4-6-8-19-14-13(18(11-17-14)10-12(3)21)15(22)20(16(19)23)9-7-5-2;1-19-14-7-6-11(12-9-16(18)17-10-12)8-15(14)20-13-4-2-3-5-13;1-3-16-9-5-8-6-12(13(14)15)18-11(8)7-10(9)17-4-2/h11H,4-10H2,1-3H3;6-8,12-13H,2-5,9-10H2,1H3,(H,17,18);5-7H,3-4H2,1-2H3,(H,14,15). The molecule has 15 nitrogen and oxygen atoms in total. The number of unbranched alkanes of at least 4 members (excludes halogenated alkanes) is 2. The Balaban J connectivity index is 0.000000174. The first-order chi connectivity index (χ1) is 29.4. The van der Waals surface area contributed by atoms with Crippen LogP contribution in [0.5, 0.6) is 23.0 Å². The van der Waals surface area contributed by atoms with E-state index >= 15 is 0 Å². The number of thiophene rings is 1. The second-order valence-corrected chi connectivity index (χ2v) is 16.2. The third kappa shape index (κ3) is 11.8. The molecule has 4 heterocycles. The largest absolute Gasteiger partial charge is 0.493 e. The van der Waals surface area contributed by atoms with E-state index in [-0.39, 0.29) is 35.4 Å². The Morgan fingerprint density at radius 1 is 0.885 bits per heavy atom. The van der Waals surface area contributed by atoms with Crippen molar-refractivity contribution in [2.75, 3.05) is 26.9 Å². The monoisotopic (exact) mass is 861 g/mol. The predicted molar refractivity (Wildman–Crippen MR) is 236 cm³/mol. The second-order valence-electron chi connectivity index (χ2n) is 15.1. The molecule has 3 aromatic heterocycles. The number of ether oxygens (including phenoxy) is 4. The molecule has 5 aromatic rings. The van der Waals surface area contributed by atoms with Gasteiger partial charge in [-0.1, -0.05) is 32.8 Å².